The first-order chi connectivity index (χ1) is 11.2. The lowest BCUT2D eigenvalue weighted by atomic mass is 10.2. The summed E-state index contributed by atoms with van der Waals surface area (Å²) in [5.41, 5.74) is 0.264. The molecule has 0 spiro atoms. The molecule has 3 rings (SSSR count). The molecule has 1 heterocycles. The third kappa shape index (κ3) is 3.43. The van der Waals surface area contributed by atoms with Gasteiger partial charge in [-0.25, -0.2) is 0 Å². The Balaban J connectivity index is 1.93. The molecule has 1 N–H and O–H groups in total. The quantitative estimate of drug-likeness (QED) is 0.728. The summed E-state index contributed by atoms with van der Waals surface area (Å²) in [6.07, 6.45) is 0. The van der Waals surface area contributed by atoms with Crippen molar-refractivity contribution in [2.45, 2.75) is 11.8 Å². The maximum atomic E-state index is 12.5. The van der Waals surface area contributed by atoms with E-state index in [2.05, 4.69) is 10.3 Å². The first kappa shape index (κ1) is 15.7. The second-order valence-corrected chi connectivity index (χ2v) is 7.04. The van der Waals surface area contributed by atoms with E-state index in [0.717, 1.165) is 15.3 Å². The second-order valence-electron chi connectivity index (χ2n) is 4.70. The van der Waals surface area contributed by atoms with Gasteiger partial charge in [-0.15, -0.1) is 11.8 Å². The van der Waals surface area contributed by atoms with Crippen molar-refractivity contribution >= 4 is 44.2 Å². The van der Waals surface area contributed by atoms with Gasteiger partial charge in [0.1, 0.15) is 0 Å². The van der Waals surface area contributed by atoms with Crippen molar-refractivity contribution < 1.29 is 4.79 Å². The number of carbonyl (C=O) groups is 1. The molecule has 1 aromatic heterocycles. The molecule has 4 nitrogen and oxygen atoms in total. The molecule has 0 bridgehead atoms. The molecule has 0 fully saturated rings. The minimum absolute atomic E-state index is 0.250. The van der Waals surface area contributed by atoms with Crippen LogP contribution in [0.15, 0.2) is 58.2 Å². The van der Waals surface area contributed by atoms with Crippen molar-refractivity contribution in [2.75, 3.05) is 11.1 Å². The van der Waals surface area contributed by atoms with Crippen LogP contribution in [0.4, 0.5) is 5.13 Å². The minimum Gasteiger partial charge on any atom is -0.298 e. The van der Waals surface area contributed by atoms with E-state index in [1.165, 1.54) is 11.3 Å². The minimum atomic E-state index is -0.328. The number of benzene rings is 2. The zero-order valence-electron chi connectivity index (χ0n) is 12.4. The number of aromatic nitrogens is 1. The maximum absolute atomic E-state index is 12.5. The van der Waals surface area contributed by atoms with Crippen molar-refractivity contribution in [1.82, 2.24) is 4.98 Å². The molecule has 3 aromatic rings. The molecule has 116 valence electrons. The Hall–Kier alpha value is -2.18. The fraction of sp³-hybridized carbons (Fsp3) is 0.118. The van der Waals surface area contributed by atoms with Gasteiger partial charge >= 0.3 is 0 Å². The standard InChI is InChI=1S/C17H14N2O2S2/c1-2-22-13-9-5-3-7-11(13)15(20)18-17-19-16(21)12-8-4-6-10-14(12)23-17/h3-10H,2H2,1H3,(H,18,19,20,21). The van der Waals surface area contributed by atoms with Crippen molar-refractivity contribution in [3.05, 3.63) is 64.4 Å². The van der Waals surface area contributed by atoms with Crippen LogP contribution in [0.5, 0.6) is 0 Å². The SMILES string of the molecule is CCSc1ccccc1C(=O)Nc1nc(=O)c2ccccc2s1. The molecule has 0 aliphatic carbocycles. The van der Waals surface area contributed by atoms with Gasteiger partial charge in [0.25, 0.3) is 11.5 Å². The third-order valence-corrected chi connectivity index (χ3v) is 5.10. The van der Waals surface area contributed by atoms with E-state index in [1.807, 2.05) is 37.3 Å². The summed E-state index contributed by atoms with van der Waals surface area (Å²) in [6.45, 7) is 2.04. The van der Waals surface area contributed by atoms with Crippen LogP contribution in [0.2, 0.25) is 0 Å². The highest BCUT2D eigenvalue weighted by atomic mass is 32.2. The summed E-state index contributed by atoms with van der Waals surface area (Å²) in [4.78, 5) is 29.4. The molecule has 0 saturated carbocycles. The first-order valence-corrected chi connectivity index (χ1v) is 8.92. The predicted octanol–water partition coefficient (Wildman–Crippen LogP) is 4.02. The van der Waals surface area contributed by atoms with Gasteiger partial charge in [0.05, 0.1) is 10.9 Å². The Kier molecular flexibility index (Phi) is 4.73. The monoisotopic (exact) mass is 342 g/mol. The third-order valence-electron chi connectivity index (χ3n) is 3.18. The van der Waals surface area contributed by atoms with Crippen LogP contribution in [-0.4, -0.2) is 16.6 Å². The Morgan fingerprint density at radius 1 is 1.17 bits per heavy atom. The largest absolute Gasteiger partial charge is 0.298 e. The van der Waals surface area contributed by atoms with E-state index < -0.39 is 0 Å². The van der Waals surface area contributed by atoms with E-state index in [9.17, 15) is 9.59 Å². The lowest BCUT2D eigenvalue weighted by Gasteiger charge is -2.08. The number of thioether (sulfide) groups is 1. The summed E-state index contributed by atoms with van der Waals surface area (Å²) in [5.74, 6) is 0.631. The number of hydrogen-bond acceptors (Lipinski definition) is 5. The van der Waals surface area contributed by atoms with Crippen LogP contribution in [-0.2, 0) is 0 Å². The molecule has 1 amide bonds. The highest BCUT2D eigenvalue weighted by Gasteiger charge is 2.13. The summed E-state index contributed by atoms with van der Waals surface area (Å²) in [7, 11) is 0. The van der Waals surface area contributed by atoms with E-state index >= 15 is 0 Å². The molecule has 0 saturated heterocycles. The molecule has 0 aliphatic rings. The van der Waals surface area contributed by atoms with Gasteiger partial charge in [-0.1, -0.05) is 42.5 Å². The molecule has 23 heavy (non-hydrogen) atoms. The second kappa shape index (κ2) is 6.93. The molecule has 0 aliphatic heterocycles. The lowest BCUT2D eigenvalue weighted by Crippen LogP contribution is -2.16. The smallest absolute Gasteiger partial charge is 0.281 e. The number of nitrogens with one attached hydrogen (secondary N) is 1. The lowest BCUT2D eigenvalue weighted by molar-refractivity contribution is 0.102. The number of hydrogen-bond donors (Lipinski definition) is 1. The van der Waals surface area contributed by atoms with E-state index in [-0.39, 0.29) is 11.5 Å². The Labute approximate surface area is 141 Å². The number of anilines is 1. The number of nitrogens with zero attached hydrogens (tertiary/aromatic N) is 1. The molecule has 2 aromatic carbocycles. The maximum Gasteiger partial charge on any atom is 0.281 e. The normalized spacial score (nSPS) is 10.7. The zero-order chi connectivity index (χ0) is 16.2. The number of amides is 1. The number of fused-ring (bicyclic) bond motifs is 1. The summed E-state index contributed by atoms with van der Waals surface area (Å²) in [5, 5.41) is 3.63. The molecule has 0 atom stereocenters. The van der Waals surface area contributed by atoms with Crippen molar-refractivity contribution in [1.29, 1.82) is 0 Å². The Morgan fingerprint density at radius 3 is 2.74 bits per heavy atom. The van der Waals surface area contributed by atoms with Gasteiger partial charge in [0.2, 0.25) is 0 Å². The molecule has 0 unspecified atom stereocenters. The van der Waals surface area contributed by atoms with Gasteiger partial charge in [0.15, 0.2) is 5.13 Å². The number of rotatable bonds is 4. The van der Waals surface area contributed by atoms with Gasteiger partial charge in [-0.3, -0.25) is 14.9 Å². The van der Waals surface area contributed by atoms with Crippen LogP contribution < -0.4 is 10.9 Å². The first-order valence-electron chi connectivity index (χ1n) is 7.12. The van der Waals surface area contributed by atoms with E-state index in [0.29, 0.717) is 16.1 Å². The molecule has 6 heteroatoms. The summed E-state index contributed by atoms with van der Waals surface area (Å²) in [6, 6.07) is 14.7. The Bertz CT molecular complexity index is 922. The van der Waals surface area contributed by atoms with Crippen LogP contribution >= 0.6 is 23.1 Å². The number of carbonyl (C=O) groups excluding carboxylic acids is 1. The van der Waals surface area contributed by atoms with Crippen molar-refractivity contribution in [3.8, 4) is 0 Å². The average molecular weight is 342 g/mol. The van der Waals surface area contributed by atoms with Crippen molar-refractivity contribution in [2.24, 2.45) is 0 Å². The highest BCUT2D eigenvalue weighted by Crippen LogP contribution is 2.25. The predicted molar refractivity (Wildman–Crippen MR) is 96.7 cm³/mol. The summed E-state index contributed by atoms with van der Waals surface area (Å²) < 4.78 is 0.805. The van der Waals surface area contributed by atoms with Crippen LogP contribution in [0.1, 0.15) is 17.3 Å². The fourth-order valence-corrected chi connectivity index (χ4v) is 3.86. The van der Waals surface area contributed by atoms with E-state index in [4.69, 9.17) is 0 Å². The molecular weight excluding hydrogens is 328 g/mol. The zero-order valence-corrected chi connectivity index (χ0v) is 14.0. The highest BCUT2D eigenvalue weighted by molar-refractivity contribution is 7.99. The van der Waals surface area contributed by atoms with Crippen LogP contribution in [0.25, 0.3) is 10.1 Å². The fourth-order valence-electron chi connectivity index (χ4n) is 2.17. The van der Waals surface area contributed by atoms with Gasteiger partial charge in [-0.05, 0) is 30.0 Å². The van der Waals surface area contributed by atoms with Crippen LogP contribution in [0.3, 0.4) is 0 Å². The topological polar surface area (TPSA) is 59.1 Å². The summed E-state index contributed by atoms with van der Waals surface area (Å²) >= 11 is 2.90. The van der Waals surface area contributed by atoms with Crippen LogP contribution in [0, 0.1) is 0 Å². The van der Waals surface area contributed by atoms with Gasteiger partial charge < -0.3 is 0 Å². The average Bonchev–Trinajstić information content (AvgIpc) is 2.55. The molecule has 0 radical (unpaired) electrons. The van der Waals surface area contributed by atoms with Crippen molar-refractivity contribution in [3.63, 3.8) is 0 Å². The van der Waals surface area contributed by atoms with E-state index in [1.54, 1.807) is 30.0 Å². The Morgan fingerprint density at radius 2 is 1.91 bits per heavy atom. The van der Waals surface area contributed by atoms with Gasteiger partial charge in [0, 0.05) is 9.60 Å². The molecular formula is C17H14N2O2S2. The van der Waals surface area contributed by atoms with Gasteiger partial charge in [-0.2, -0.15) is 4.98 Å².